The molecule has 158 valence electrons. The van der Waals surface area contributed by atoms with Crippen molar-refractivity contribution in [1.82, 2.24) is 9.80 Å². The van der Waals surface area contributed by atoms with Crippen molar-refractivity contribution in [2.24, 2.45) is 0 Å². The molecule has 1 aliphatic rings. The van der Waals surface area contributed by atoms with Crippen molar-refractivity contribution in [2.75, 3.05) is 46.4 Å². The number of rotatable bonds is 8. The summed E-state index contributed by atoms with van der Waals surface area (Å²) in [5.41, 5.74) is 1.28. The van der Waals surface area contributed by atoms with Crippen LogP contribution in [0.25, 0.3) is 0 Å². The average Bonchev–Trinajstić information content (AvgIpc) is 2.93. The van der Waals surface area contributed by atoms with Crippen molar-refractivity contribution < 1.29 is 14.6 Å². The Morgan fingerprint density at radius 3 is 2.45 bits per heavy atom. The maximum atomic E-state index is 10.4. The van der Waals surface area contributed by atoms with Gasteiger partial charge in [0.15, 0.2) is 0 Å². The van der Waals surface area contributed by atoms with Crippen molar-refractivity contribution >= 4 is 23.2 Å². The number of benzene rings is 2. The highest BCUT2D eigenvalue weighted by molar-refractivity contribution is 6.35. The van der Waals surface area contributed by atoms with Crippen molar-refractivity contribution in [1.29, 1.82) is 0 Å². The Hall–Kier alpha value is -1.50. The molecule has 7 heteroatoms. The van der Waals surface area contributed by atoms with Crippen molar-refractivity contribution in [3.8, 4) is 11.5 Å². The third kappa shape index (κ3) is 7.05. The van der Waals surface area contributed by atoms with Crippen LogP contribution in [0.1, 0.15) is 12.0 Å². The molecule has 1 saturated heterocycles. The largest absolute Gasteiger partial charge is 0.497 e. The van der Waals surface area contributed by atoms with Crippen LogP contribution in [0, 0.1) is 0 Å². The number of methoxy groups -OCH3 is 1. The number of β-amino-alcohol motifs (C(OH)–C–C–N with tert-alkyl or cyclic N) is 1. The minimum absolute atomic E-state index is 0.202. The van der Waals surface area contributed by atoms with Gasteiger partial charge in [0.05, 0.1) is 12.1 Å². The number of aliphatic hydroxyl groups excluding tert-OH is 1. The molecular formula is C22H28Cl2N2O3. The number of ether oxygens (including phenoxy) is 2. The lowest BCUT2D eigenvalue weighted by atomic mass is 10.2. The van der Waals surface area contributed by atoms with E-state index < -0.39 is 6.10 Å². The Bertz CT molecular complexity index is 773. The smallest absolute Gasteiger partial charge is 0.138 e. The molecule has 1 aliphatic heterocycles. The van der Waals surface area contributed by atoms with Gasteiger partial charge in [-0.3, -0.25) is 9.80 Å². The number of hydrogen-bond acceptors (Lipinski definition) is 5. The van der Waals surface area contributed by atoms with E-state index in [2.05, 4.69) is 21.9 Å². The molecule has 1 atom stereocenters. The van der Waals surface area contributed by atoms with Crippen molar-refractivity contribution in [3.05, 3.63) is 58.1 Å². The summed E-state index contributed by atoms with van der Waals surface area (Å²) in [4.78, 5) is 4.75. The third-order valence-corrected chi connectivity index (χ3v) is 5.57. The predicted octanol–water partition coefficient (Wildman–Crippen LogP) is 3.95. The molecule has 0 radical (unpaired) electrons. The molecule has 0 amide bonds. The van der Waals surface area contributed by atoms with Gasteiger partial charge in [-0.15, -0.1) is 0 Å². The Morgan fingerprint density at radius 2 is 1.72 bits per heavy atom. The molecule has 2 aromatic carbocycles. The molecule has 5 nitrogen and oxygen atoms in total. The van der Waals surface area contributed by atoms with E-state index in [-0.39, 0.29) is 6.61 Å². The molecule has 0 aliphatic carbocycles. The zero-order valence-corrected chi connectivity index (χ0v) is 18.2. The number of nitrogens with zero attached hydrogens (tertiary/aromatic N) is 2. The van der Waals surface area contributed by atoms with Crippen LogP contribution < -0.4 is 9.47 Å². The molecule has 1 fully saturated rings. The lowest BCUT2D eigenvalue weighted by molar-refractivity contribution is 0.0693. The molecule has 0 aromatic heterocycles. The topological polar surface area (TPSA) is 45.2 Å². The van der Waals surface area contributed by atoms with E-state index in [4.69, 9.17) is 32.7 Å². The standard InChI is InChI=1S/C22H28Cl2N2O3/c1-28-20-6-3-17(4-7-20)14-25-9-2-10-26(12-11-25)15-19(27)16-29-22-8-5-18(23)13-21(22)24/h3-8,13,19,27H,2,9-12,14-16H2,1H3. The van der Waals surface area contributed by atoms with Crippen LogP contribution in [0.15, 0.2) is 42.5 Å². The molecule has 0 spiro atoms. The van der Waals surface area contributed by atoms with Gasteiger partial charge in [-0.1, -0.05) is 35.3 Å². The quantitative estimate of drug-likeness (QED) is 0.675. The minimum atomic E-state index is -0.574. The SMILES string of the molecule is COc1ccc(CN2CCCN(CC(O)COc3ccc(Cl)cc3Cl)CC2)cc1. The van der Waals surface area contributed by atoms with E-state index in [1.807, 2.05) is 12.1 Å². The van der Waals surface area contributed by atoms with Crippen LogP contribution in [0.5, 0.6) is 11.5 Å². The maximum Gasteiger partial charge on any atom is 0.138 e. The van der Waals surface area contributed by atoms with Crippen LogP contribution >= 0.6 is 23.2 Å². The third-order valence-electron chi connectivity index (χ3n) is 5.04. The molecule has 2 aromatic rings. The molecule has 0 bridgehead atoms. The predicted molar refractivity (Wildman–Crippen MR) is 117 cm³/mol. The molecule has 1 heterocycles. The highest BCUT2D eigenvalue weighted by Crippen LogP contribution is 2.27. The maximum absolute atomic E-state index is 10.4. The van der Waals surface area contributed by atoms with E-state index >= 15 is 0 Å². The van der Waals surface area contributed by atoms with Crippen LogP contribution in [0.3, 0.4) is 0 Å². The lowest BCUT2D eigenvalue weighted by Crippen LogP contribution is -2.38. The summed E-state index contributed by atoms with van der Waals surface area (Å²) in [7, 11) is 1.68. The monoisotopic (exact) mass is 438 g/mol. The van der Waals surface area contributed by atoms with Gasteiger partial charge in [-0.2, -0.15) is 0 Å². The van der Waals surface area contributed by atoms with Crippen LogP contribution in [0.2, 0.25) is 10.0 Å². The van der Waals surface area contributed by atoms with Gasteiger partial charge in [-0.25, -0.2) is 0 Å². The fourth-order valence-corrected chi connectivity index (χ4v) is 3.95. The van der Waals surface area contributed by atoms with E-state index in [9.17, 15) is 5.11 Å². The fourth-order valence-electron chi connectivity index (χ4n) is 3.48. The molecule has 29 heavy (non-hydrogen) atoms. The van der Waals surface area contributed by atoms with E-state index in [0.29, 0.717) is 22.3 Å². The first kappa shape index (κ1) is 22.2. The van der Waals surface area contributed by atoms with Gasteiger partial charge < -0.3 is 14.6 Å². The van der Waals surface area contributed by atoms with E-state index in [1.54, 1.807) is 25.3 Å². The van der Waals surface area contributed by atoms with Gasteiger partial charge >= 0.3 is 0 Å². The summed E-state index contributed by atoms with van der Waals surface area (Å²) in [6.45, 7) is 5.64. The Kier molecular flexibility index (Phi) is 8.45. The molecule has 3 rings (SSSR count). The molecule has 0 saturated carbocycles. The van der Waals surface area contributed by atoms with Gasteiger partial charge in [0.1, 0.15) is 24.2 Å². The zero-order chi connectivity index (χ0) is 20.6. The second kappa shape index (κ2) is 11.0. The van der Waals surface area contributed by atoms with Crippen molar-refractivity contribution in [3.63, 3.8) is 0 Å². The summed E-state index contributed by atoms with van der Waals surface area (Å²) in [6.07, 6.45) is 0.502. The van der Waals surface area contributed by atoms with Crippen LogP contribution in [0.4, 0.5) is 0 Å². The van der Waals surface area contributed by atoms with Crippen LogP contribution in [-0.4, -0.2) is 67.5 Å². The highest BCUT2D eigenvalue weighted by atomic mass is 35.5. The second-order valence-electron chi connectivity index (χ2n) is 7.32. The molecular weight excluding hydrogens is 411 g/mol. The van der Waals surface area contributed by atoms with E-state index in [1.165, 1.54) is 5.56 Å². The van der Waals surface area contributed by atoms with Gasteiger partial charge in [0.2, 0.25) is 0 Å². The van der Waals surface area contributed by atoms with Gasteiger partial charge in [0.25, 0.3) is 0 Å². The summed E-state index contributed by atoms with van der Waals surface area (Å²) >= 11 is 12.0. The van der Waals surface area contributed by atoms with Crippen molar-refractivity contribution in [2.45, 2.75) is 19.1 Å². The summed E-state index contributed by atoms with van der Waals surface area (Å²) in [6, 6.07) is 13.3. The fraction of sp³-hybridized carbons (Fsp3) is 0.455. The first-order chi connectivity index (χ1) is 14.0. The summed E-state index contributed by atoms with van der Waals surface area (Å²) in [5.74, 6) is 1.42. The Morgan fingerprint density at radius 1 is 1.00 bits per heavy atom. The summed E-state index contributed by atoms with van der Waals surface area (Å²) in [5, 5.41) is 11.4. The average molecular weight is 439 g/mol. The molecule has 1 N–H and O–H groups in total. The number of hydrogen-bond donors (Lipinski definition) is 1. The Balaban J connectivity index is 1.42. The lowest BCUT2D eigenvalue weighted by Gasteiger charge is -2.24. The Labute approximate surface area is 182 Å². The first-order valence-electron chi connectivity index (χ1n) is 9.87. The number of halogens is 2. The second-order valence-corrected chi connectivity index (χ2v) is 8.16. The molecule has 1 unspecified atom stereocenters. The zero-order valence-electron chi connectivity index (χ0n) is 16.7. The number of aliphatic hydroxyl groups is 1. The van der Waals surface area contributed by atoms with Gasteiger partial charge in [0, 0.05) is 31.2 Å². The van der Waals surface area contributed by atoms with Gasteiger partial charge in [-0.05, 0) is 55.4 Å². The first-order valence-corrected chi connectivity index (χ1v) is 10.6. The minimum Gasteiger partial charge on any atom is -0.497 e. The normalized spacial score (nSPS) is 17.0. The van der Waals surface area contributed by atoms with Crippen LogP contribution in [-0.2, 0) is 6.54 Å². The van der Waals surface area contributed by atoms with E-state index in [0.717, 1.165) is 44.9 Å². The highest BCUT2D eigenvalue weighted by Gasteiger charge is 2.18. The summed E-state index contributed by atoms with van der Waals surface area (Å²) < 4.78 is 10.9.